The number of benzene rings is 2. The van der Waals surface area contributed by atoms with Gasteiger partial charge in [-0.1, -0.05) is 35.5 Å². The van der Waals surface area contributed by atoms with Crippen LogP contribution in [0.3, 0.4) is 0 Å². The van der Waals surface area contributed by atoms with Crippen LogP contribution < -0.4 is 9.47 Å². The highest BCUT2D eigenvalue weighted by molar-refractivity contribution is 5.77. The van der Waals surface area contributed by atoms with E-state index in [2.05, 4.69) is 39.3 Å². The summed E-state index contributed by atoms with van der Waals surface area (Å²) in [5.41, 5.74) is 2.73. The molecular weight excluding hydrogens is 458 g/mol. The molecule has 9 nitrogen and oxygen atoms in total. The molecule has 0 spiro atoms. The Balaban J connectivity index is 1.22. The first-order valence-corrected chi connectivity index (χ1v) is 11.9. The Morgan fingerprint density at radius 1 is 0.944 bits per heavy atom. The third-order valence-electron chi connectivity index (χ3n) is 6.40. The predicted molar refractivity (Wildman–Crippen MR) is 135 cm³/mol. The first-order valence-electron chi connectivity index (χ1n) is 11.9. The Morgan fingerprint density at radius 2 is 1.72 bits per heavy atom. The summed E-state index contributed by atoms with van der Waals surface area (Å²) in [6.07, 6.45) is 1.86. The zero-order valence-corrected chi connectivity index (χ0v) is 20.5. The number of carbonyl (C=O) groups excluding carboxylic acids is 1. The van der Waals surface area contributed by atoms with Crippen molar-refractivity contribution in [3.05, 3.63) is 72.4 Å². The van der Waals surface area contributed by atoms with Crippen LogP contribution in [-0.4, -0.2) is 70.8 Å². The molecule has 0 N–H and O–H groups in total. The van der Waals surface area contributed by atoms with Crippen molar-refractivity contribution in [2.45, 2.75) is 13.1 Å². The molecule has 9 heteroatoms. The number of carbonyl (C=O) groups is 1. The molecule has 1 aliphatic rings. The molecule has 1 aliphatic heterocycles. The topological polar surface area (TPSA) is 85.9 Å². The second-order valence-electron chi connectivity index (χ2n) is 8.66. The smallest absolute Gasteiger partial charge is 0.274 e. The second kappa shape index (κ2) is 10.7. The van der Waals surface area contributed by atoms with Gasteiger partial charge in [0, 0.05) is 44.5 Å². The fourth-order valence-electron chi connectivity index (χ4n) is 4.41. The number of hydrogen-bond acceptors (Lipinski definition) is 7. The Kier molecular flexibility index (Phi) is 6.99. The van der Waals surface area contributed by atoms with Gasteiger partial charge in [-0.05, 0) is 35.9 Å². The van der Waals surface area contributed by atoms with Crippen molar-refractivity contribution >= 4 is 5.91 Å². The van der Waals surface area contributed by atoms with E-state index in [1.54, 1.807) is 26.4 Å². The van der Waals surface area contributed by atoms with E-state index in [0.29, 0.717) is 42.0 Å². The lowest BCUT2D eigenvalue weighted by atomic mass is 10.2. The molecule has 4 aromatic rings. The molecule has 2 aromatic heterocycles. The van der Waals surface area contributed by atoms with Crippen LogP contribution in [0, 0.1) is 0 Å². The second-order valence-corrected chi connectivity index (χ2v) is 8.66. The van der Waals surface area contributed by atoms with E-state index < -0.39 is 0 Å². The maximum atomic E-state index is 13.1. The number of nitrogens with zero attached hydrogens (tertiary/aromatic N) is 5. The molecule has 1 fully saturated rings. The maximum absolute atomic E-state index is 13.1. The largest absolute Gasteiger partial charge is 0.493 e. The van der Waals surface area contributed by atoms with E-state index >= 15 is 0 Å². The molecule has 0 saturated carbocycles. The van der Waals surface area contributed by atoms with Gasteiger partial charge in [-0.15, -0.1) is 0 Å². The van der Waals surface area contributed by atoms with E-state index in [4.69, 9.17) is 14.0 Å². The molecule has 5 rings (SSSR count). The summed E-state index contributed by atoms with van der Waals surface area (Å²) in [5.74, 6) is 2.06. The van der Waals surface area contributed by atoms with Gasteiger partial charge in [-0.3, -0.25) is 9.69 Å². The number of aromatic nitrogens is 3. The highest BCUT2D eigenvalue weighted by Gasteiger charge is 2.23. The minimum Gasteiger partial charge on any atom is -0.493 e. The molecule has 1 saturated heterocycles. The summed E-state index contributed by atoms with van der Waals surface area (Å²) in [6.45, 7) is 4.27. The van der Waals surface area contributed by atoms with Crippen LogP contribution in [0.25, 0.3) is 23.0 Å². The van der Waals surface area contributed by atoms with Gasteiger partial charge in [0.1, 0.15) is 12.2 Å². The van der Waals surface area contributed by atoms with Crippen LogP contribution in [0.4, 0.5) is 0 Å². The van der Waals surface area contributed by atoms with Crippen molar-refractivity contribution in [1.29, 1.82) is 0 Å². The van der Waals surface area contributed by atoms with Crippen molar-refractivity contribution in [2.24, 2.45) is 0 Å². The SMILES string of the molecule is COc1ccc(-c2noc(-c3cccn3CC(=O)N3CCN(Cc4ccccc4)CC3)n2)cc1OC. The first kappa shape index (κ1) is 23.6. The summed E-state index contributed by atoms with van der Waals surface area (Å²) < 4.78 is 18.1. The van der Waals surface area contributed by atoms with Crippen molar-refractivity contribution in [1.82, 2.24) is 24.5 Å². The standard InChI is InChI=1S/C27H29N5O4/c1-34-23-11-10-21(17-24(23)35-2)26-28-27(36-29-26)22-9-6-12-32(22)19-25(33)31-15-13-30(14-16-31)18-20-7-4-3-5-8-20/h3-12,17H,13-16,18-19H2,1-2H3. The average Bonchev–Trinajstić information content (AvgIpc) is 3.59. The van der Waals surface area contributed by atoms with Crippen LogP contribution in [-0.2, 0) is 17.9 Å². The van der Waals surface area contributed by atoms with Gasteiger partial charge in [0.15, 0.2) is 11.5 Å². The number of ether oxygens (including phenoxy) is 2. The molecule has 3 heterocycles. The lowest BCUT2D eigenvalue weighted by Crippen LogP contribution is -2.49. The third kappa shape index (κ3) is 5.11. The molecule has 2 aromatic carbocycles. The predicted octanol–water partition coefficient (Wildman–Crippen LogP) is 3.57. The number of hydrogen-bond donors (Lipinski definition) is 0. The zero-order chi connectivity index (χ0) is 24.9. The van der Waals surface area contributed by atoms with Crippen LogP contribution >= 0.6 is 0 Å². The van der Waals surface area contributed by atoms with Crippen LogP contribution in [0.2, 0.25) is 0 Å². The minimum absolute atomic E-state index is 0.0754. The van der Waals surface area contributed by atoms with E-state index in [1.165, 1.54) is 5.56 Å². The van der Waals surface area contributed by atoms with Crippen molar-refractivity contribution in [2.75, 3.05) is 40.4 Å². The number of methoxy groups -OCH3 is 2. The summed E-state index contributed by atoms with van der Waals surface area (Å²) in [6, 6.07) is 19.6. The molecule has 0 bridgehead atoms. The summed E-state index contributed by atoms with van der Waals surface area (Å²) in [4.78, 5) is 21.9. The summed E-state index contributed by atoms with van der Waals surface area (Å²) >= 11 is 0. The van der Waals surface area contributed by atoms with Gasteiger partial charge in [-0.2, -0.15) is 4.98 Å². The number of amides is 1. The van der Waals surface area contributed by atoms with Gasteiger partial charge in [0.05, 0.1) is 14.2 Å². The minimum atomic E-state index is 0.0754. The summed E-state index contributed by atoms with van der Waals surface area (Å²) in [7, 11) is 3.17. The van der Waals surface area contributed by atoms with Gasteiger partial charge in [0.25, 0.3) is 5.89 Å². The van der Waals surface area contributed by atoms with Crippen LogP contribution in [0.5, 0.6) is 11.5 Å². The fraction of sp³-hybridized carbons (Fsp3) is 0.296. The summed E-state index contributed by atoms with van der Waals surface area (Å²) in [5, 5.41) is 4.13. The van der Waals surface area contributed by atoms with E-state index in [1.807, 2.05) is 39.9 Å². The molecule has 186 valence electrons. The number of piperazine rings is 1. The Labute approximate surface area is 209 Å². The monoisotopic (exact) mass is 487 g/mol. The Hall–Kier alpha value is -4.11. The Morgan fingerprint density at radius 3 is 2.47 bits per heavy atom. The van der Waals surface area contributed by atoms with Gasteiger partial charge >= 0.3 is 0 Å². The van der Waals surface area contributed by atoms with Crippen molar-refractivity contribution in [3.8, 4) is 34.5 Å². The molecule has 1 amide bonds. The van der Waals surface area contributed by atoms with Gasteiger partial charge < -0.3 is 23.5 Å². The lowest BCUT2D eigenvalue weighted by molar-refractivity contribution is -0.133. The normalized spacial score (nSPS) is 14.1. The molecule has 0 aliphatic carbocycles. The molecule has 36 heavy (non-hydrogen) atoms. The van der Waals surface area contributed by atoms with E-state index in [9.17, 15) is 4.79 Å². The zero-order valence-electron chi connectivity index (χ0n) is 20.5. The van der Waals surface area contributed by atoms with Gasteiger partial charge in [-0.25, -0.2) is 0 Å². The fourth-order valence-corrected chi connectivity index (χ4v) is 4.41. The molecule has 0 unspecified atom stereocenters. The van der Waals surface area contributed by atoms with E-state index in [-0.39, 0.29) is 12.5 Å². The number of rotatable bonds is 8. The van der Waals surface area contributed by atoms with Crippen LogP contribution in [0.15, 0.2) is 71.4 Å². The molecule has 0 atom stereocenters. The Bertz CT molecular complexity index is 1310. The maximum Gasteiger partial charge on any atom is 0.274 e. The highest BCUT2D eigenvalue weighted by Crippen LogP contribution is 2.32. The third-order valence-corrected chi connectivity index (χ3v) is 6.40. The van der Waals surface area contributed by atoms with Crippen molar-refractivity contribution < 1.29 is 18.8 Å². The lowest BCUT2D eigenvalue weighted by Gasteiger charge is -2.35. The van der Waals surface area contributed by atoms with E-state index in [0.717, 1.165) is 25.2 Å². The van der Waals surface area contributed by atoms with Crippen molar-refractivity contribution in [3.63, 3.8) is 0 Å². The van der Waals surface area contributed by atoms with Crippen LogP contribution in [0.1, 0.15) is 5.56 Å². The molecule has 0 radical (unpaired) electrons. The quantitative estimate of drug-likeness (QED) is 0.376. The average molecular weight is 488 g/mol. The first-order chi connectivity index (χ1) is 17.6. The highest BCUT2D eigenvalue weighted by atomic mass is 16.5. The van der Waals surface area contributed by atoms with Gasteiger partial charge in [0.2, 0.25) is 11.7 Å². The molecular formula is C27H29N5O4.